The second-order valence-corrected chi connectivity index (χ2v) is 20.0. The van der Waals surface area contributed by atoms with Crippen LogP contribution in [-0.4, -0.2) is 25.6 Å². The van der Waals surface area contributed by atoms with Crippen molar-refractivity contribution in [1.82, 2.24) is 18.6 Å². The number of fused-ring (bicyclic) bond motifs is 4. The van der Waals surface area contributed by atoms with E-state index < -0.39 is 92.1 Å². The summed E-state index contributed by atoms with van der Waals surface area (Å²) in [5, 5.41) is 1.95. The number of benzene rings is 9. The summed E-state index contributed by atoms with van der Waals surface area (Å²) < 4.78 is 147. The van der Waals surface area contributed by atoms with Crippen LogP contribution in [0, 0.1) is 29.6 Å². The fourth-order valence-corrected chi connectivity index (χ4v) is 11.3. The molecule has 0 amide bonds. The van der Waals surface area contributed by atoms with Gasteiger partial charge in [0, 0.05) is 5.52 Å². The van der Waals surface area contributed by atoms with Gasteiger partial charge in [0.05, 0.1) is 1.37 Å². The van der Waals surface area contributed by atoms with Crippen LogP contribution in [0.2, 0.25) is 0 Å². The normalized spacial score (nSPS) is 15.7. The van der Waals surface area contributed by atoms with Crippen molar-refractivity contribution in [2.45, 2.75) is 39.9 Å². The first-order valence-corrected chi connectivity index (χ1v) is 25.1. The monoisotopic (exact) mass is 1150 g/mol. The number of hydrogen-bond donors (Lipinski definition) is 0. The summed E-state index contributed by atoms with van der Waals surface area (Å²) in [5.41, 5.74) is 5.95. The van der Waals surface area contributed by atoms with Crippen molar-refractivity contribution in [1.29, 1.82) is 0 Å². The number of para-hydroxylation sites is 4. The summed E-state index contributed by atoms with van der Waals surface area (Å²) in [6.07, 6.45) is 0. The predicted octanol–water partition coefficient (Wildman–Crippen LogP) is 15.7. The Hall–Kier alpha value is -8.25. The van der Waals surface area contributed by atoms with Gasteiger partial charge in [0.2, 0.25) is 0 Å². The van der Waals surface area contributed by atoms with Gasteiger partial charge in [-0.05, 0) is 11.5 Å². The summed E-state index contributed by atoms with van der Waals surface area (Å²) >= 11 is 2.15. The van der Waals surface area contributed by atoms with Crippen molar-refractivity contribution in [2.75, 3.05) is 4.81 Å². The Labute approximate surface area is 464 Å². The Morgan fingerprint density at radius 1 is 0.622 bits per heavy atom. The van der Waals surface area contributed by atoms with E-state index >= 15 is 0 Å². The third kappa shape index (κ3) is 7.52. The number of aromatic nitrogens is 4. The molecule has 1 aliphatic rings. The molecule has 0 saturated carbocycles. The number of anilines is 2. The molecule has 0 saturated heterocycles. The van der Waals surface area contributed by atoms with Crippen LogP contribution in [-0.2, 0) is 24.8 Å². The van der Waals surface area contributed by atoms with Gasteiger partial charge in [-0.25, -0.2) is 0 Å². The first kappa shape index (κ1) is 32.0. The molecule has 0 unspecified atom stereocenters. The molecule has 13 rings (SSSR count). The molecule has 9 aromatic carbocycles. The van der Waals surface area contributed by atoms with Crippen molar-refractivity contribution >= 4 is 56.8 Å². The van der Waals surface area contributed by atoms with E-state index in [0.717, 1.165) is 38.4 Å². The van der Waals surface area contributed by atoms with Crippen molar-refractivity contribution in [3.63, 3.8) is 0 Å². The second kappa shape index (κ2) is 18.0. The van der Waals surface area contributed by atoms with Gasteiger partial charge in [-0.2, -0.15) is 12.1 Å². The summed E-state index contributed by atoms with van der Waals surface area (Å²) in [6.45, 7) is -0.304. The SMILES string of the molecule is [2H]c1c([2H])c([2H])c(-c2cccc(-c3cccc(C(C)(C)C)c3)c2-n2[c](=[Pt])n(-c3[c-]c(Oc4nc(N5B(c6ccccc6)n6c7ccccc7c7cc[c-]c5c76)ccc4-c4c([2H])c([2H])c([2H])c([2H])c4C([2H])([2H])[2H])c(C([2H])([2H])[2H])cc3)c3ccccc32)c([2H])c1[2H]. The van der Waals surface area contributed by atoms with Crippen LogP contribution in [0.4, 0.5) is 11.5 Å². The molecule has 0 atom stereocenters. The molecule has 1 aliphatic heterocycles. The number of imidazole rings is 1. The van der Waals surface area contributed by atoms with Crippen LogP contribution in [0.3, 0.4) is 0 Å². The summed E-state index contributed by atoms with van der Waals surface area (Å²) in [6, 6.07) is 49.8. The maximum absolute atomic E-state index is 9.35. The number of hydrogen-bond acceptors (Lipinski definition) is 3. The van der Waals surface area contributed by atoms with Crippen LogP contribution in [0.25, 0.3) is 77.6 Å². The molecule has 360 valence electrons. The first-order valence-electron chi connectivity index (χ1n) is 31.4. The zero-order valence-electron chi connectivity index (χ0n) is 55.0. The van der Waals surface area contributed by atoms with Gasteiger partial charge in [-0.1, -0.05) is 48.5 Å². The Morgan fingerprint density at radius 2 is 1.34 bits per heavy atom. The molecule has 74 heavy (non-hydrogen) atoms. The van der Waals surface area contributed by atoms with Gasteiger partial charge in [-0.15, -0.1) is 5.39 Å². The van der Waals surface area contributed by atoms with Gasteiger partial charge in [-0.3, -0.25) is 0 Å². The van der Waals surface area contributed by atoms with Gasteiger partial charge in [0.1, 0.15) is 0 Å². The van der Waals surface area contributed by atoms with E-state index in [4.69, 9.17) is 26.2 Å². The molecule has 4 heterocycles. The molecule has 0 radical (unpaired) electrons. The van der Waals surface area contributed by atoms with E-state index in [1.807, 2.05) is 123 Å². The van der Waals surface area contributed by atoms with Crippen molar-refractivity contribution in [2.24, 2.45) is 0 Å². The topological polar surface area (TPSA) is 40.1 Å². The average molecular weight is 1150 g/mol. The quantitative estimate of drug-likeness (QED) is 0.107. The first-order chi connectivity index (χ1) is 42.3. The van der Waals surface area contributed by atoms with E-state index in [1.165, 1.54) is 12.1 Å². The number of pyridine rings is 1. The Kier molecular flexibility index (Phi) is 7.82. The molecule has 3 aromatic heterocycles. The van der Waals surface area contributed by atoms with E-state index in [1.54, 1.807) is 24.3 Å². The molecular weight excluding hydrogens is 1080 g/mol. The number of ether oxygens (including phenoxy) is 1. The van der Waals surface area contributed by atoms with E-state index in [-0.39, 0.29) is 39.4 Å². The van der Waals surface area contributed by atoms with Crippen LogP contribution in [0.1, 0.15) is 58.0 Å². The average Bonchev–Trinajstić information content (AvgIpc) is 1.58. The third-order valence-electron chi connectivity index (χ3n) is 13.6. The van der Waals surface area contributed by atoms with Crippen molar-refractivity contribution in [3.8, 4) is 56.4 Å². The summed E-state index contributed by atoms with van der Waals surface area (Å²) in [4.78, 5) is 7.14. The van der Waals surface area contributed by atoms with Crippen LogP contribution in [0.15, 0.2) is 212 Å². The molecule has 8 heteroatoms. The zero-order chi connectivity index (χ0) is 63.1. The van der Waals surface area contributed by atoms with Crippen LogP contribution < -0.4 is 15.0 Å². The van der Waals surface area contributed by atoms with Crippen LogP contribution >= 0.6 is 0 Å². The Bertz CT molecular complexity index is 4980. The van der Waals surface area contributed by atoms with Gasteiger partial charge >= 0.3 is 381 Å². The molecule has 0 N–H and O–H groups in total. The minimum atomic E-state index is -3.11. The van der Waals surface area contributed by atoms with Gasteiger partial charge < -0.3 is 0 Å². The molecule has 0 aliphatic carbocycles. The fourth-order valence-electron chi connectivity index (χ4n) is 10.2. The standard InChI is InChI=1S/C66H50BN5O.Pt/c1-44-21-12-13-28-51(44)56-39-40-62(71-60-36-20-32-55-54-29-14-15-33-57(54)72(64(55)60)67(71)49-26-10-7-11-27-49)68-65(56)73-61-42-50(38-37-45(61)2)69-43-70(59-35-17-16-34-58(59)69)63-52(46-22-8-6-9-23-46)30-19-31-53(63)47-24-18-25-48(41-47)66(3,4)5;/h6-35,37-41H,1-5H3;/q-2;/i1D3,2D3,6D,8D,9D,12D,13D,21D,22D,23D,28D;. The minimum absolute atomic E-state index is 0.0273. The molecular formula is C66H50BN5OPt-2. The number of nitrogens with zero attached hydrogens (tertiary/aromatic N) is 5. The molecule has 6 nitrogen and oxygen atoms in total. The van der Waals surface area contributed by atoms with Crippen molar-refractivity contribution in [3.05, 3.63) is 245 Å². The number of rotatable bonds is 9. The van der Waals surface area contributed by atoms with E-state index in [2.05, 4.69) is 68.9 Å². The predicted molar refractivity (Wildman–Crippen MR) is 301 cm³/mol. The summed E-state index contributed by atoms with van der Waals surface area (Å²) in [7, 11) is 0. The summed E-state index contributed by atoms with van der Waals surface area (Å²) in [5.74, 6) is -0.559. The Morgan fingerprint density at radius 3 is 2.14 bits per heavy atom. The third-order valence-corrected chi connectivity index (χ3v) is 14.6. The van der Waals surface area contributed by atoms with E-state index in [9.17, 15) is 4.11 Å². The number of aryl methyl sites for hydroxylation is 1. The molecule has 12 aromatic rings. The van der Waals surface area contributed by atoms with Gasteiger partial charge in [0.25, 0.3) is 0 Å². The zero-order valence-corrected chi connectivity index (χ0v) is 42.3. The maximum atomic E-state index is 9.35. The van der Waals surface area contributed by atoms with Gasteiger partial charge in [0.15, 0.2) is 0 Å². The van der Waals surface area contributed by atoms with E-state index in [0.29, 0.717) is 37.3 Å². The van der Waals surface area contributed by atoms with Crippen molar-refractivity contribution < 1.29 is 44.7 Å². The fraction of sp³-hybridized carbons (Fsp3) is 0.0909. The van der Waals surface area contributed by atoms with Crippen LogP contribution in [0.5, 0.6) is 11.6 Å². The molecule has 0 fully saturated rings. The Balaban J connectivity index is 1.07. The second-order valence-electron chi connectivity index (χ2n) is 19.0. The molecule has 0 spiro atoms. The molecule has 0 bridgehead atoms.